The third kappa shape index (κ3) is 4.85. The van der Waals surface area contributed by atoms with Crippen LogP contribution in [0, 0.1) is 23.2 Å². The molecule has 7 nitrogen and oxygen atoms in total. The number of hydrogen-bond donors (Lipinski definition) is 1. The van der Waals surface area contributed by atoms with E-state index in [1.165, 1.54) is 35.6 Å². The van der Waals surface area contributed by atoms with Crippen LogP contribution in [-0.2, 0) is 23.0 Å². The molecule has 1 saturated heterocycles. The number of likely N-dealkylation sites (N-methyl/N-ethyl adjacent to an activating group) is 1. The zero-order chi connectivity index (χ0) is 23.8. The van der Waals surface area contributed by atoms with E-state index in [4.69, 9.17) is 0 Å². The Hall–Kier alpha value is -2.25. The van der Waals surface area contributed by atoms with Crippen molar-refractivity contribution >= 4 is 32.3 Å². The number of fused-ring (bicyclic) bond motifs is 1. The van der Waals surface area contributed by atoms with Gasteiger partial charge in [0.1, 0.15) is 11.1 Å². The van der Waals surface area contributed by atoms with Crippen LogP contribution in [0.25, 0.3) is 0 Å². The standard InChI is InChI=1S/C24H30N4O3S2/c1-4-27-10-9-20-21(12-25)24(32-22(20)15-27)26-23(29)18-5-7-19(8-6-18)33(30,31)28-13-16(2)11-17(3)14-28/h5-8,16-17H,4,9-11,13-15H2,1-3H3,(H,26,29). The lowest BCUT2D eigenvalue weighted by Crippen LogP contribution is -2.42. The van der Waals surface area contributed by atoms with Crippen molar-refractivity contribution in [3.05, 3.63) is 45.8 Å². The van der Waals surface area contributed by atoms with E-state index in [2.05, 4.69) is 37.1 Å². The van der Waals surface area contributed by atoms with Crippen molar-refractivity contribution in [1.29, 1.82) is 5.26 Å². The van der Waals surface area contributed by atoms with Crippen molar-refractivity contribution in [3.8, 4) is 6.07 Å². The van der Waals surface area contributed by atoms with Crippen LogP contribution in [0.15, 0.2) is 29.2 Å². The fourth-order valence-electron chi connectivity index (χ4n) is 4.84. The van der Waals surface area contributed by atoms with E-state index in [0.29, 0.717) is 41.1 Å². The zero-order valence-corrected chi connectivity index (χ0v) is 20.9. The van der Waals surface area contributed by atoms with E-state index >= 15 is 0 Å². The molecule has 1 N–H and O–H groups in total. The number of thiophene rings is 1. The third-order valence-electron chi connectivity index (χ3n) is 6.51. The molecule has 1 fully saturated rings. The molecule has 2 aliphatic rings. The van der Waals surface area contributed by atoms with E-state index in [1.54, 1.807) is 4.31 Å². The van der Waals surface area contributed by atoms with E-state index in [0.717, 1.165) is 42.9 Å². The molecule has 3 heterocycles. The molecule has 0 spiro atoms. The van der Waals surface area contributed by atoms with Crippen LogP contribution in [0.4, 0.5) is 5.00 Å². The van der Waals surface area contributed by atoms with Gasteiger partial charge in [-0.05, 0) is 61.1 Å². The van der Waals surface area contributed by atoms with E-state index in [1.807, 2.05) is 0 Å². The quantitative estimate of drug-likeness (QED) is 0.691. The number of nitrogens with zero attached hydrogens (tertiary/aromatic N) is 3. The molecule has 2 unspecified atom stereocenters. The molecule has 2 aliphatic heterocycles. The highest BCUT2D eigenvalue weighted by Crippen LogP contribution is 2.37. The van der Waals surface area contributed by atoms with Gasteiger partial charge >= 0.3 is 0 Å². The normalized spacial score (nSPS) is 21.9. The summed E-state index contributed by atoms with van der Waals surface area (Å²) in [5.41, 5.74) is 1.94. The van der Waals surface area contributed by atoms with Gasteiger partial charge in [-0.25, -0.2) is 8.42 Å². The van der Waals surface area contributed by atoms with Crippen molar-refractivity contribution < 1.29 is 13.2 Å². The number of piperidine rings is 1. The van der Waals surface area contributed by atoms with Gasteiger partial charge in [0.15, 0.2) is 0 Å². The van der Waals surface area contributed by atoms with E-state index in [-0.39, 0.29) is 10.8 Å². The number of carbonyl (C=O) groups is 1. The number of sulfonamides is 1. The van der Waals surface area contributed by atoms with Gasteiger partial charge in [0.2, 0.25) is 10.0 Å². The highest BCUT2D eigenvalue weighted by Gasteiger charge is 2.32. The number of rotatable bonds is 5. The summed E-state index contributed by atoms with van der Waals surface area (Å²) >= 11 is 1.46. The zero-order valence-electron chi connectivity index (χ0n) is 19.3. The average molecular weight is 487 g/mol. The van der Waals surface area contributed by atoms with Crippen molar-refractivity contribution in [2.45, 2.75) is 45.1 Å². The lowest BCUT2D eigenvalue weighted by Gasteiger charge is -2.34. The number of carbonyl (C=O) groups excluding carboxylic acids is 1. The minimum atomic E-state index is -3.59. The third-order valence-corrected chi connectivity index (χ3v) is 9.49. The number of amides is 1. The minimum absolute atomic E-state index is 0.198. The first-order chi connectivity index (χ1) is 15.7. The van der Waals surface area contributed by atoms with Crippen molar-refractivity contribution in [2.24, 2.45) is 11.8 Å². The van der Waals surface area contributed by atoms with Crippen molar-refractivity contribution in [1.82, 2.24) is 9.21 Å². The van der Waals surface area contributed by atoms with Crippen LogP contribution >= 0.6 is 11.3 Å². The molecule has 4 rings (SSSR count). The van der Waals surface area contributed by atoms with Gasteiger partial charge in [0.05, 0.1) is 10.5 Å². The molecule has 176 valence electrons. The highest BCUT2D eigenvalue weighted by molar-refractivity contribution is 7.89. The lowest BCUT2D eigenvalue weighted by molar-refractivity contribution is 0.102. The van der Waals surface area contributed by atoms with Gasteiger partial charge < -0.3 is 5.32 Å². The number of hydrogen-bond acceptors (Lipinski definition) is 6. The maximum absolute atomic E-state index is 13.1. The maximum atomic E-state index is 13.1. The predicted octanol–water partition coefficient (Wildman–Crippen LogP) is 3.92. The highest BCUT2D eigenvalue weighted by atomic mass is 32.2. The van der Waals surface area contributed by atoms with E-state index in [9.17, 15) is 18.5 Å². The summed E-state index contributed by atoms with van der Waals surface area (Å²) in [6, 6.07) is 8.33. The first-order valence-corrected chi connectivity index (χ1v) is 13.7. The SMILES string of the molecule is CCN1CCc2c(sc(NC(=O)c3ccc(S(=O)(=O)N4CC(C)CC(C)C4)cc3)c2C#N)C1. The summed E-state index contributed by atoms with van der Waals surface area (Å²) in [4.78, 5) is 16.5. The van der Waals surface area contributed by atoms with Crippen LogP contribution in [0.2, 0.25) is 0 Å². The summed E-state index contributed by atoms with van der Waals surface area (Å²) in [6.07, 6.45) is 1.83. The number of nitriles is 1. The first kappa shape index (κ1) is 23.9. The minimum Gasteiger partial charge on any atom is -0.312 e. The van der Waals surface area contributed by atoms with Gasteiger partial charge in [-0.3, -0.25) is 9.69 Å². The molecular formula is C24H30N4O3S2. The van der Waals surface area contributed by atoms with Crippen LogP contribution in [0.3, 0.4) is 0 Å². The van der Waals surface area contributed by atoms with E-state index < -0.39 is 10.0 Å². The molecule has 33 heavy (non-hydrogen) atoms. The molecule has 2 aromatic rings. The van der Waals surface area contributed by atoms with Crippen LogP contribution in [0.5, 0.6) is 0 Å². The monoisotopic (exact) mass is 486 g/mol. The molecule has 1 aromatic heterocycles. The Morgan fingerprint density at radius 1 is 1.21 bits per heavy atom. The summed E-state index contributed by atoms with van der Waals surface area (Å²) in [5, 5.41) is 13.1. The second kappa shape index (κ2) is 9.55. The largest absolute Gasteiger partial charge is 0.312 e. The topological polar surface area (TPSA) is 93.5 Å². The molecule has 9 heteroatoms. The van der Waals surface area contributed by atoms with Gasteiger partial charge in [0.25, 0.3) is 5.91 Å². The first-order valence-electron chi connectivity index (χ1n) is 11.4. The Labute approximate surface area is 200 Å². The van der Waals surface area contributed by atoms with Crippen molar-refractivity contribution in [3.63, 3.8) is 0 Å². The Morgan fingerprint density at radius 2 is 1.88 bits per heavy atom. The maximum Gasteiger partial charge on any atom is 0.256 e. The van der Waals surface area contributed by atoms with Gasteiger partial charge in [0, 0.05) is 36.6 Å². The summed E-state index contributed by atoms with van der Waals surface area (Å²) in [6.45, 7) is 9.95. The van der Waals surface area contributed by atoms with Gasteiger partial charge in [-0.1, -0.05) is 20.8 Å². The molecular weight excluding hydrogens is 456 g/mol. The Balaban J connectivity index is 1.51. The lowest BCUT2D eigenvalue weighted by atomic mass is 9.94. The molecule has 0 saturated carbocycles. The summed E-state index contributed by atoms with van der Waals surface area (Å²) < 4.78 is 27.7. The van der Waals surface area contributed by atoms with Crippen LogP contribution < -0.4 is 5.32 Å². The Kier molecular flexibility index (Phi) is 6.91. The molecule has 1 amide bonds. The number of nitrogens with one attached hydrogen (secondary N) is 1. The summed E-state index contributed by atoms with van der Waals surface area (Å²) in [5.74, 6) is 0.300. The van der Waals surface area contributed by atoms with Gasteiger partial charge in [-0.2, -0.15) is 9.57 Å². The predicted molar refractivity (Wildman–Crippen MR) is 130 cm³/mol. The molecule has 1 aromatic carbocycles. The molecule has 0 radical (unpaired) electrons. The van der Waals surface area contributed by atoms with Gasteiger partial charge in [-0.15, -0.1) is 11.3 Å². The average Bonchev–Trinajstić information content (AvgIpc) is 3.14. The molecule has 2 atom stereocenters. The number of anilines is 1. The number of benzene rings is 1. The van der Waals surface area contributed by atoms with Crippen molar-refractivity contribution in [2.75, 3.05) is 31.5 Å². The fourth-order valence-corrected chi connectivity index (χ4v) is 7.75. The second-order valence-electron chi connectivity index (χ2n) is 9.19. The summed E-state index contributed by atoms with van der Waals surface area (Å²) in [7, 11) is -3.59. The van der Waals surface area contributed by atoms with Crippen LogP contribution in [0.1, 0.15) is 53.6 Å². The molecule has 0 bridgehead atoms. The molecule has 0 aliphatic carbocycles. The Morgan fingerprint density at radius 3 is 2.48 bits per heavy atom. The van der Waals surface area contributed by atoms with Crippen LogP contribution in [-0.4, -0.2) is 49.7 Å². The second-order valence-corrected chi connectivity index (χ2v) is 12.2. The fraction of sp³-hybridized carbons (Fsp3) is 0.500. The Bertz CT molecular complexity index is 1170. The smallest absolute Gasteiger partial charge is 0.256 e.